The summed E-state index contributed by atoms with van der Waals surface area (Å²) in [6.45, 7) is 0.589. The van der Waals surface area contributed by atoms with Gasteiger partial charge in [-0.2, -0.15) is 0 Å². The number of carboxylic acids is 2. The number of carbonyl (C=O) groups excluding carboxylic acids is 3. The lowest BCUT2D eigenvalue weighted by Gasteiger charge is -2.28. The Bertz CT molecular complexity index is 893. The van der Waals surface area contributed by atoms with Crippen LogP contribution in [0.1, 0.15) is 44.2 Å². The number of nitrogens with one attached hydrogen (secondary N) is 3. The van der Waals surface area contributed by atoms with E-state index in [1.54, 1.807) is 0 Å². The third kappa shape index (κ3) is 8.33. The van der Waals surface area contributed by atoms with E-state index in [0.717, 1.165) is 4.90 Å². The first kappa shape index (κ1) is 27.7. The number of carboxylic acid groups (broad SMARTS) is 2. The number of likely N-dealkylation sites (tertiary alicyclic amines) is 1. The summed E-state index contributed by atoms with van der Waals surface area (Å²) in [4.78, 5) is 69.3. The van der Waals surface area contributed by atoms with Gasteiger partial charge in [-0.3, -0.25) is 19.2 Å². The molecule has 0 aromatic carbocycles. The van der Waals surface area contributed by atoms with Gasteiger partial charge in [0.25, 0.3) is 0 Å². The zero-order valence-corrected chi connectivity index (χ0v) is 19.3. The van der Waals surface area contributed by atoms with Gasteiger partial charge in [0.1, 0.15) is 18.1 Å². The van der Waals surface area contributed by atoms with E-state index < -0.39 is 60.2 Å². The van der Waals surface area contributed by atoms with E-state index in [-0.39, 0.29) is 19.4 Å². The lowest BCUT2D eigenvalue weighted by molar-refractivity contribution is -0.150. The zero-order valence-electron chi connectivity index (χ0n) is 19.3. The number of aromatic amines is 1. The molecule has 35 heavy (non-hydrogen) atoms. The van der Waals surface area contributed by atoms with Gasteiger partial charge in [0, 0.05) is 24.9 Å². The number of rotatable bonds is 14. The fourth-order valence-electron chi connectivity index (χ4n) is 3.88. The summed E-state index contributed by atoms with van der Waals surface area (Å²) < 4.78 is 0. The van der Waals surface area contributed by atoms with E-state index in [4.69, 9.17) is 11.5 Å². The number of H-pyrrole nitrogens is 1. The number of nitrogens with two attached hydrogens (primary N) is 2. The molecular formula is C21H33N7O7. The van der Waals surface area contributed by atoms with Gasteiger partial charge in [-0.05, 0) is 32.2 Å². The van der Waals surface area contributed by atoms with Crippen LogP contribution < -0.4 is 22.1 Å². The Balaban J connectivity index is 2.16. The van der Waals surface area contributed by atoms with Gasteiger partial charge >= 0.3 is 11.9 Å². The van der Waals surface area contributed by atoms with Crippen molar-refractivity contribution in [2.75, 3.05) is 13.1 Å². The standard InChI is InChI=1S/C21H33N7O7/c22-6-2-1-4-13(23)18(31)26-14(8-12-10-24-11-25-12)19(32)27-15(9-17(29)30)20(33)28-7-3-5-16(28)21(34)35/h10-11,13-16H,1-9,22-23H2,(H,24,25)(H,26,31)(H,27,32)(H,29,30)(H,34,35). The van der Waals surface area contributed by atoms with E-state index in [2.05, 4.69) is 20.6 Å². The molecular weight excluding hydrogens is 462 g/mol. The van der Waals surface area contributed by atoms with Crippen LogP contribution >= 0.6 is 0 Å². The number of aliphatic carboxylic acids is 2. The number of hydrogen-bond acceptors (Lipinski definition) is 8. The number of nitrogens with zero attached hydrogens (tertiary/aromatic N) is 2. The minimum absolute atomic E-state index is 0.0253. The first-order chi connectivity index (χ1) is 16.6. The van der Waals surface area contributed by atoms with E-state index in [0.29, 0.717) is 37.9 Å². The monoisotopic (exact) mass is 495 g/mol. The van der Waals surface area contributed by atoms with Crippen molar-refractivity contribution in [3.05, 3.63) is 18.2 Å². The highest BCUT2D eigenvalue weighted by Gasteiger charge is 2.39. The van der Waals surface area contributed by atoms with Crippen molar-refractivity contribution in [1.82, 2.24) is 25.5 Å². The molecule has 1 saturated heterocycles. The molecule has 0 spiro atoms. The molecule has 2 heterocycles. The van der Waals surface area contributed by atoms with Crippen LogP contribution in [0.15, 0.2) is 12.5 Å². The number of hydrogen-bond donors (Lipinski definition) is 7. The summed E-state index contributed by atoms with van der Waals surface area (Å²) in [5.41, 5.74) is 11.9. The molecule has 14 nitrogen and oxygen atoms in total. The molecule has 0 bridgehead atoms. The van der Waals surface area contributed by atoms with E-state index in [9.17, 15) is 34.2 Å². The van der Waals surface area contributed by atoms with Crippen molar-refractivity contribution in [3.63, 3.8) is 0 Å². The Morgan fingerprint density at radius 1 is 1.14 bits per heavy atom. The minimum Gasteiger partial charge on any atom is -0.481 e. The van der Waals surface area contributed by atoms with Gasteiger partial charge in [0.15, 0.2) is 0 Å². The van der Waals surface area contributed by atoms with Crippen molar-refractivity contribution >= 4 is 29.7 Å². The first-order valence-electron chi connectivity index (χ1n) is 11.4. The van der Waals surface area contributed by atoms with Crippen LogP contribution in [0, 0.1) is 0 Å². The summed E-state index contributed by atoms with van der Waals surface area (Å²) in [6.07, 6.45) is 4.40. The smallest absolute Gasteiger partial charge is 0.326 e. The summed E-state index contributed by atoms with van der Waals surface area (Å²) in [5.74, 6) is -4.77. The number of unbranched alkanes of at least 4 members (excludes halogenated alkanes) is 1. The second kappa shape index (κ2) is 13.4. The lowest BCUT2D eigenvalue weighted by atomic mass is 10.1. The topological polar surface area (TPSA) is 234 Å². The summed E-state index contributed by atoms with van der Waals surface area (Å²) >= 11 is 0. The van der Waals surface area contributed by atoms with Crippen molar-refractivity contribution in [1.29, 1.82) is 0 Å². The molecule has 2 rings (SSSR count). The average Bonchev–Trinajstić information content (AvgIpc) is 3.49. The highest BCUT2D eigenvalue weighted by molar-refractivity contribution is 5.95. The first-order valence-corrected chi connectivity index (χ1v) is 11.4. The van der Waals surface area contributed by atoms with Crippen LogP contribution in [0.25, 0.3) is 0 Å². The van der Waals surface area contributed by atoms with Crippen molar-refractivity contribution < 1.29 is 34.2 Å². The largest absolute Gasteiger partial charge is 0.481 e. The van der Waals surface area contributed by atoms with Crippen molar-refractivity contribution in [3.8, 4) is 0 Å². The quantitative estimate of drug-likeness (QED) is 0.139. The predicted octanol–water partition coefficient (Wildman–Crippen LogP) is -2.07. The summed E-state index contributed by atoms with van der Waals surface area (Å²) in [6, 6.07) is -4.69. The maximum atomic E-state index is 13.1. The molecule has 1 fully saturated rings. The molecule has 1 aliphatic rings. The molecule has 4 unspecified atom stereocenters. The van der Waals surface area contributed by atoms with Crippen LogP contribution in [-0.2, 0) is 30.4 Å². The van der Waals surface area contributed by atoms with Gasteiger partial charge in [0.2, 0.25) is 17.7 Å². The molecule has 194 valence electrons. The molecule has 1 aliphatic heterocycles. The molecule has 4 atom stereocenters. The number of imidazole rings is 1. The lowest BCUT2D eigenvalue weighted by Crippen LogP contribution is -2.58. The van der Waals surface area contributed by atoms with E-state index >= 15 is 0 Å². The third-order valence-corrected chi connectivity index (χ3v) is 5.73. The van der Waals surface area contributed by atoms with Crippen LogP contribution in [-0.4, -0.2) is 92.0 Å². The highest BCUT2D eigenvalue weighted by Crippen LogP contribution is 2.19. The Hall–Kier alpha value is -3.52. The molecule has 3 amide bonds. The van der Waals surface area contributed by atoms with Gasteiger partial charge in [-0.15, -0.1) is 0 Å². The van der Waals surface area contributed by atoms with Gasteiger partial charge in [0.05, 0.1) is 18.8 Å². The van der Waals surface area contributed by atoms with Gasteiger partial charge in [-0.1, -0.05) is 6.42 Å². The van der Waals surface area contributed by atoms with Crippen molar-refractivity contribution in [2.24, 2.45) is 11.5 Å². The summed E-state index contributed by atoms with van der Waals surface area (Å²) in [5, 5.41) is 23.6. The minimum atomic E-state index is -1.51. The molecule has 0 radical (unpaired) electrons. The maximum Gasteiger partial charge on any atom is 0.326 e. The number of amides is 3. The second-order valence-corrected chi connectivity index (χ2v) is 8.42. The molecule has 0 aliphatic carbocycles. The number of carbonyl (C=O) groups is 5. The van der Waals surface area contributed by atoms with Crippen LogP contribution in [0.2, 0.25) is 0 Å². The molecule has 9 N–H and O–H groups in total. The van der Waals surface area contributed by atoms with Crippen LogP contribution in [0.5, 0.6) is 0 Å². The van der Waals surface area contributed by atoms with E-state index in [1.807, 2.05) is 0 Å². The SMILES string of the molecule is NCCCCC(N)C(=O)NC(Cc1cnc[nH]1)C(=O)NC(CC(=O)O)C(=O)N1CCCC1C(=O)O. The van der Waals surface area contributed by atoms with Crippen molar-refractivity contribution in [2.45, 2.75) is 69.1 Å². The molecule has 0 saturated carbocycles. The summed E-state index contributed by atoms with van der Waals surface area (Å²) in [7, 11) is 0. The zero-order chi connectivity index (χ0) is 26.0. The molecule has 14 heteroatoms. The fraction of sp³-hybridized carbons (Fsp3) is 0.619. The van der Waals surface area contributed by atoms with Crippen LogP contribution in [0.3, 0.4) is 0 Å². The second-order valence-electron chi connectivity index (χ2n) is 8.42. The highest BCUT2D eigenvalue weighted by atomic mass is 16.4. The Morgan fingerprint density at radius 3 is 2.46 bits per heavy atom. The maximum absolute atomic E-state index is 13.1. The Morgan fingerprint density at radius 2 is 1.86 bits per heavy atom. The predicted molar refractivity (Wildman–Crippen MR) is 122 cm³/mol. The fourth-order valence-corrected chi connectivity index (χ4v) is 3.88. The normalized spacial score (nSPS) is 17.9. The number of aromatic nitrogens is 2. The Labute approximate surface area is 201 Å². The Kier molecular flexibility index (Phi) is 10.6. The third-order valence-electron chi connectivity index (χ3n) is 5.73. The van der Waals surface area contributed by atoms with Gasteiger partial charge < -0.3 is 42.2 Å². The molecule has 1 aromatic rings. The van der Waals surface area contributed by atoms with E-state index in [1.165, 1.54) is 12.5 Å². The van der Waals surface area contributed by atoms with Gasteiger partial charge in [-0.25, -0.2) is 9.78 Å². The average molecular weight is 496 g/mol. The molecule has 1 aromatic heterocycles. The van der Waals surface area contributed by atoms with Crippen LogP contribution in [0.4, 0.5) is 0 Å².